The first-order valence-electron chi connectivity index (χ1n) is 14.6. The third-order valence-electron chi connectivity index (χ3n) is 7.91. The van der Waals surface area contributed by atoms with Crippen molar-refractivity contribution < 1.29 is 9.53 Å². The number of halogens is 2. The smallest absolute Gasteiger partial charge is 0.150 e. The fourth-order valence-corrected chi connectivity index (χ4v) is 8.69. The molecule has 0 aliphatic carbocycles. The van der Waals surface area contributed by atoms with E-state index in [2.05, 4.69) is 135 Å². The minimum Gasteiger partial charge on any atom is -0.504 e. The Labute approximate surface area is 291 Å². The predicted molar refractivity (Wildman–Crippen MR) is 206 cm³/mol. The van der Waals surface area contributed by atoms with Crippen molar-refractivity contribution in [3.8, 4) is 22.3 Å². The van der Waals surface area contributed by atoms with Gasteiger partial charge >= 0.3 is 0 Å². The first kappa shape index (κ1) is 30.6. The summed E-state index contributed by atoms with van der Waals surface area (Å²) in [5, 5.41) is 5.16. The summed E-state index contributed by atoms with van der Waals surface area (Å²) in [5.41, 5.74) is 6.29. The molecule has 0 saturated carbocycles. The van der Waals surface area contributed by atoms with Gasteiger partial charge in [0.15, 0.2) is 6.29 Å². The van der Waals surface area contributed by atoms with Crippen LogP contribution >= 0.6 is 54.5 Å². The second-order valence-electron chi connectivity index (χ2n) is 10.7. The summed E-state index contributed by atoms with van der Waals surface area (Å²) in [6, 6.07) is 42.3. The third-order valence-corrected chi connectivity index (χ3v) is 11.2. The summed E-state index contributed by atoms with van der Waals surface area (Å²) < 4.78 is 12.3. The number of thiophene rings is 2. The van der Waals surface area contributed by atoms with Gasteiger partial charge in [0.25, 0.3) is 0 Å². The molecule has 0 saturated heterocycles. The van der Waals surface area contributed by atoms with Crippen molar-refractivity contribution in [2.75, 3.05) is 7.11 Å². The van der Waals surface area contributed by atoms with Crippen LogP contribution in [0.15, 0.2) is 137 Å². The number of hydrogen-bond acceptors (Lipinski definition) is 4. The number of carbonyl (C=O) groups is 1. The molecule has 6 heteroatoms. The van der Waals surface area contributed by atoms with Gasteiger partial charge in [-0.3, -0.25) is 4.79 Å². The molecule has 0 radical (unpaired) electrons. The first-order chi connectivity index (χ1) is 22.5. The Kier molecular flexibility index (Phi) is 8.87. The molecule has 46 heavy (non-hydrogen) atoms. The van der Waals surface area contributed by atoms with Crippen LogP contribution in [0.5, 0.6) is 0 Å². The average molecular weight is 763 g/mol. The average Bonchev–Trinajstić information content (AvgIpc) is 3.65. The van der Waals surface area contributed by atoms with E-state index in [4.69, 9.17) is 4.74 Å². The number of aldehydes is 1. The molecule has 2 heterocycles. The summed E-state index contributed by atoms with van der Waals surface area (Å²) in [7, 11) is 1.66. The van der Waals surface area contributed by atoms with Crippen molar-refractivity contribution in [2.45, 2.75) is 0 Å². The molecule has 224 valence electrons. The van der Waals surface area contributed by atoms with Crippen LogP contribution in [0.25, 0.3) is 68.7 Å². The highest BCUT2D eigenvalue weighted by Crippen LogP contribution is 2.39. The van der Waals surface area contributed by atoms with Crippen LogP contribution in [0.3, 0.4) is 0 Å². The Hall–Kier alpha value is -4.07. The van der Waals surface area contributed by atoms with E-state index in [9.17, 15) is 4.79 Å². The molecule has 0 N–H and O–H groups in total. The summed E-state index contributed by atoms with van der Waals surface area (Å²) in [4.78, 5) is 11.4. The molecule has 0 aliphatic rings. The number of hydrogen-bond donors (Lipinski definition) is 0. The van der Waals surface area contributed by atoms with E-state index in [1.54, 1.807) is 24.7 Å². The van der Waals surface area contributed by atoms with Crippen molar-refractivity contribution >= 4 is 107 Å². The number of benzene rings is 6. The second-order valence-corrected chi connectivity index (χ2v) is 14.7. The molecular formula is C40H26Br2O2S2. The van der Waals surface area contributed by atoms with Gasteiger partial charge < -0.3 is 4.74 Å². The van der Waals surface area contributed by atoms with Gasteiger partial charge in [-0.1, -0.05) is 92.5 Å². The first-order valence-corrected chi connectivity index (χ1v) is 17.8. The predicted octanol–water partition coefficient (Wildman–Crippen LogP) is 13.4. The van der Waals surface area contributed by atoms with Crippen LogP contribution in [0.4, 0.5) is 0 Å². The van der Waals surface area contributed by atoms with E-state index >= 15 is 0 Å². The van der Waals surface area contributed by atoms with Crippen molar-refractivity contribution in [3.05, 3.63) is 148 Å². The van der Waals surface area contributed by atoms with E-state index < -0.39 is 0 Å². The molecule has 0 fully saturated rings. The zero-order valence-electron chi connectivity index (χ0n) is 24.7. The van der Waals surface area contributed by atoms with E-state index in [-0.39, 0.29) is 0 Å². The minimum atomic E-state index is 0.702. The molecule has 0 aliphatic heterocycles. The lowest BCUT2D eigenvalue weighted by atomic mass is 9.98. The fourth-order valence-electron chi connectivity index (χ4n) is 5.76. The van der Waals surface area contributed by atoms with Crippen LogP contribution in [0.1, 0.15) is 15.9 Å². The monoisotopic (exact) mass is 760 g/mol. The Morgan fingerprint density at radius 3 is 1.54 bits per heavy atom. The quantitative estimate of drug-likeness (QED) is 0.129. The van der Waals surface area contributed by atoms with Gasteiger partial charge in [0.05, 0.1) is 13.4 Å². The van der Waals surface area contributed by atoms with Crippen LogP contribution in [-0.4, -0.2) is 13.4 Å². The molecule has 0 unspecified atom stereocenters. The molecule has 0 amide bonds. The van der Waals surface area contributed by atoms with Gasteiger partial charge in [-0.05, 0) is 94.6 Å². The Morgan fingerprint density at radius 2 is 1.02 bits per heavy atom. The number of fused-ring (bicyclic) bond motifs is 6. The Bertz CT molecular complexity index is 2420. The molecule has 8 aromatic rings. The number of rotatable bonds is 5. The highest BCUT2D eigenvalue weighted by atomic mass is 79.9. The SMILES string of the molecule is CO/C=C/c1cc(Br)ccc1-c1ccc2sc3ccccc3c2c1.O=Cc1cc(Br)ccc1-c1ccc2sc3ccccc3c2c1. The van der Waals surface area contributed by atoms with Crippen LogP contribution in [0, 0.1) is 0 Å². The summed E-state index contributed by atoms with van der Waals surface area (Å²) >= 11 is 10.6. The van der Waals surface area contributed by atoms with Gasteiger partial charge in [-0.25, -0.2) is 0 Å². The molecular weight excluding hydrogens is 736 g/mol. The summed E-state index contributed by atoms with van der Waals surface area (Å²) in [5.74, 6) is 0. The lowest BCUT2D eigenvalue weighted by molar-refractivity contribution is 0.112. The maximum atomic E-state index is 11.4. The van der Waals surface area contributed by atoms with Gasteiger partial charge in [0.2, 0.25) is 0 Å². The molecule has 2 nitrogen and oxygen atoms in total. The van der Waals surface area contributed by atoms with Crippen molar-refractivity contribution in [2.24, 2.45) is 0 Å². The third kappa shape index (κ3) is 6.06. The molecule has 0 bridgehead atoms. The lowest BCUT2D eigenvalue weighted by Gasteiger charge is -2.08. The van der Waals surface area contributed by atoms with Crippen molar-refractivity contribution in [3.63, 3.8) is 0 Å². The molecule has 6 aromatic carbocycles. The maximum Gasteiger partial charge on any atom is 0.150 e. The molecule has 8 rings (SSSR count). The maximum absolute atomic E-state index is 11.4. The number of methoxy groups -OCH3 is 1. The van der Waals surface area contributed by atoms with E-state index in [0.717, 1.165) is 31.9 Å². The summed E-state index contributed by atoms with van der Waals surface area (Å²) in [6.45, 7) is 0. The van der Waals surface area contributed by atoms with Crippen molar-refractivity contribution in [1.82, 2.24) is 0 Å². The fraction of sp³-hybridized carbons (Fsp3) is 0.0250. The normalized spacial score (nSPS) is 11.4. The van der Waals surface area contributed by atoms with Gasteiger partial charge in [-0.15, -0.1) is 22.7 Å². The van der Waals surface area contributed by atoms with Crippen molar-refractivity contribution in [1.29, 1.82) is 0 Å². The van der Waals surface area contributed by atoms with E-state index in [1.807, 2.05) is 35.6 Å². The van der Waals surface area contributed by atoms with Gasteiger partial charge in [0.1, 0.15) is 0 Å². The topological polar surface area (TPSA) is 26.3 Å². The highest BCUT2D eigenvalue weighted by molar-refractivity contribution is 9.10. The Morgan fingerprint density at radius 1 is 0.543 bits per heavy atom. The minimum absolute atomic E-state index is 0.702. The standard InChI is InChI=1S/C21H15BrOS.C19H11BrOS/c1-23-11-10-15-12-16(22)7-8-17(15)14-6-9-21-19(13-14)18-4-2-3-5-20(18)24-21;20-14-6-7-15(13(9-14)11-21)12-5-8-19-17(10-12)16-3-1-2-4-18(16)22-19/h2-13H,1H3;1-11H/b11-10+;. The molecule has 0 atom stereocenters. The zero-order chi connectivity index (χ0) is 31.6. The second kappa shape index (κ2) is 13.3. The van der Waals surface area contributed by atoms with Crippen LogP contribution in [0.2, 0.25) is 0 Å². The number of carbonyl (C=O) groups excluding carboxylic acids is 1. The Balaban J connectivity index is 0.000000147. The van der Waals surface area contributed by atoms with Gasteiger partial charge in [0, 0.05) is 54.9 Å². The van der Waals surface area contributed by atoms with E-state index in [1.165, 1.54) is 51.5 Å². The highest BCUT2D eigenvalue weighted by Gasteiger charge is 2.11. The summed E-state index contributed by atoms with van der Waals surface area (Å²) in [6.07, 6.45) is 4.62. The zero-order valence-corrected chi connectivity index (χ0v) is 29.5. The van der Waals surface area contributed by atoms with Gasteiger partial charge in [-0.2, -0.15) is 0 Å². The van der Waals surface area contributed by atoms with Crippen LogP contribution in [-0.2, 0) is 4.74 Å². The molecule has 0 spiro atoms. The largest absolute Gasteiger partial charge is 0.504 e. The molecule has 2 aromatic heterocycles. The van der Waals surface area contributed by atoms with Crippen LogP contribution < -0.4 is 0 Å². The number of ether oxygens (including phenoxy) is 1. The van der Waals surface area contributed by atoms with E-state index in [0.29, 0.717) is 5.56 Å². The lowest BCUT2D eigenvalue weighted by Crippen LogP contribution is -1.87.